The lowest BCUT2D eigenvalue weighted by Gasteiger charge is -2.12. The maximum Gasteiger partial charge on any atom is 0.256 e. The van der Waals surface area contributed by atoms with Crippen molar-refractivity contribution < 1.29 is 22.3 Å². The summed E-state index contributed by atoms with van der Waals surface area (Å²) in [7, 11) is -3.77. The van der Waals surface area contributed by atoms with Crippen molar-refractivity contribution in [3.05, 3.63) is 47.0 Å². The van der Waals surface area contributed by atoms with E-state index in [1.165, 1.54) is 18.3 Å². The molecule has 1 aromatic carbocycles. The van der Waals surface area contributed by atoms with Gasteiger partial charge in [-0.05, 0) is 38.5 Å². The second kappa shape index (κ2) is 9.86. The molecule has 8 nitrogen and oxygen atoms in total. The van der Waals surface area contributed by atoms with Crippen LogP contribution < -0.4 is 14.8 Å². The van der Waals surface area contributed by atoms with Crippen LogP contribution in [-0.2, 0) is 9.84 Å². The summed E-state index contributed by atoms with van der Waals surface area (Å²) >= 11 is 0. The maximum absolute atomic E-state index is 14.7. The van der Waals surface area contributed by atoms with Crippen molar-refractivity contribution in [2.45, 2.75) is 44.9 Å². The molecule has 1 aromatic heterocycles. The number of aryl methyl sites for hydroxylation is 1. The van der Waals surface area contributed by atoms with Crippen molar-refractivity contribution >= 4 is 21.5 Å². The Morgan fingerprint density at radius 1 is 1.19 bits per heavy atom. The highest BCUT2D eigenvalue weighted by atomic mass is 32.2. The zero-order valence-corrected chi connectivity index (χ0v) is 18.5. The van der Waals surface area contributed by atoms with Gasteiger partial charge in [0.15, 0.2) is 5.82 Å². The van der Waals surface area contributed by atoms with Gasteiger partial charge in [-0.1, -0.05) is 19.4 Å². The number of rotatable bonds is 9. The summed E-state index contributed by atoms with van der Waals surface area (Å²) in [4.78, 5) is 12.3. The number of anilines is 1. The SMILES string of the molecule is CCCCOc1nc(C)nc(NC2=NC=C(S(=O)(=O)c3cccc(OCC)c3)C2)c1F. The molecule has 3 rings (SSSR count). The van der Waals surface area contributed by atoms with E-state index in [-0.39, 0.29) is 33.8 Å². The average Bonchev–Trinajstić information content (AvgIpc) is 3.21. The van der Waals surface area contributed by atoms with E-state index in [4.69, 9.17) is 9.47 Å². The van der Waals surface area contributed by atoms with Gasteiger partial charge in [-0.2, -0.15) is 9.37 Å². The number of aliphatic imine (C=N–C) groups is 1. The molecule has 0 atom stereocenters. The van der Waals surface area contributed by atoms with E-state index >= 15 is 0 Å². The minimum atomic E-state index is -3.77. The first-order chi connectivity index (χ1) is 14.8. The maximum atomic E-state index is 14.7. The molecule has 0 bridgehead atoms. The van der Waals surface area contributed by atoms with Gasteiger partial charge in [-0.15, -0.1) is 0 Å². The van der Waals surface area contributed by atoms with Gasteiger partial charge in [0.25, 0.3) is 5.88 Å². The van der Waals surface area contributed by atoms with Crippen molar-refractivity contribution in [3.63, 3.8) is 0 Å². The van der Waals surface area contributed by atoms with Crippen LogP contribution in [0.3, 0.4) is 0 Å². The predicted molar refractivity (Wildman–Crippen MR) is 116 cm³/mol. The summed E-state index contributed by atoms with van der Waals surface area (Å²) in [5.74, 6) is 0.0537. The van der Waals surface area contributed by atoms with Crippen LogP contribution in [-0.4, -0.2) is 37.4 Å². The number of benzene rings is 1. The molecule has 0 spiro atoms. The molecule has 10 heteroatoms. The van der Waals surface area contributed by atoms with E-state index < -0.39 is 15.7 Å². The second-order valence-electron chi connectivity index (χ2n) is 6.82. The van der Waals surface area contributed by atoms with Crippen LogP contribution in [0.25, 0.3) is 0 Å². The van der Waals surface area contributed by atoms with Crippen LogP contribution in [0, 0.1) is 12.7 Å². The summed E-state index contributed by atoms with van der Waals surface area (Å²) in [6.07, 6.45) is 2.92. The fourth-order valence-electron chi connectivity index (χ4n) is 2.86. The largest absolute Gasteiger partial charge is 0.494 e. The predicted octanol–water partition coefficient (Wildman–Crippen LogP) is 4.03. The molecule has 0 radical (unpaired) electrons. The smallest absolute Gasteiger partial charge is 0.256 e. The van der Waals surface area contributed by atoms with Crippen LogP contribution in [0.1, 0.15) is 38.9 Å². The van der Waals surface area contributed by atoms with E-state index in [9.17, 15) is 12.8 Å². The van der Waals surface area contributed by atoms with Crippen LogP contribution >= 0.6 is 0 Å². The quantitative estimate of drug-likeness (QED) is 0.578. The topological polar surface area (TPSA) is 103 Å². The first-order valence-corrected chi connectivity index (χ1v) is 11.5. The van der Waals surface area contributed by atoms with E-state index in [0.29, 0.717) is 24.8 Å². The molecule has 2 heterocycles. The van der Waals surface area contributed by atoms with E-state index in [0.717, 1.165) is 12.8 Å². The summed E-state index contributed by atoms with van der Waals surface area (Å²) < 4.78 is 51.4. The molecule has 1 aliphatic rings. The molecular weight excluding hydrogens is 423 g/mol. The average molecular weight is 449 g/mol. The Morgan fingerprint density at radius 3 is 2.74 bits per heavy atom. The van der Waals surface area contributed by atoms with E-state index in [1.54, 1.807) is 19.1 Å². The molecule has 0 fully saturated rings. The molecule has 1 aliphatic heterocycles. The Morgan fingerprint density at radius 2 is 2.00 bits per heavy atom. The van der Waals surface area contributed by atoms with Crippen LogP contribution in [0.15, 0.2) is 45.3 Å². The standard InChI is InChI=1S/C21H25FN4O4S/c1-4-6-10-30-21-19(22)20(24-14(3)25-21)26-18-12-17(13-23-18)31(27,28)16-9-7-8-15(11-16)29-5-2/h7-9,11,13H,4-6,10,12H2,1-3H3,(H,23,24,25,26). The van der Waals surface area contributed by atoms with Crippen molar-refractivity contribution in [1.82, 2.24) is 9.97 Å². The summed E-state index contributed by atoms with van der Waals surface area (Å²) in [6.45, 7) is 6.21. The molecule has 0 saturated heterocycles. The van der Waals surface area contributed by atoms with Crippen molar-refractivity contribution in [3.8, 4) is 11.6 Å². The summed E-state index contributed by atoms with van der Waals surface area (Å²) in [6, 6.07) is 6.28. The second-order valence-corrected chi connectivity index (χ2v) is 8.83. The Balaban J connectivity index is 1.73. The van der Waals surface area contributed by atoms with Gasteiger partial charge in [-0.3, -0.25) is 0 Å². The molecule has 0 unspecified atom stereocenters. The van der Waals surface area contributed by atoms with Gasteiger partial charge in [0.1, 0.15) is 17.4 Å². The van der Waals surface area contributed by atoms with Crippen LogP contribution in [0.4, 0.5) is 10.2 Å². The van der Waals surface area contributed by atoms with Gasteiger partial charge < -0.3 is 14.8 Å². The number of halogens is 1. The van der Waals surface area contributed by atoms with E-state index in [2.05, 4.69) is 20.3 Å². The van der Waals surface area contributed by atoms with Gasteiger partial charge in [-0.25, -0.2) is 18.4 Å². The van der Waals surface area contributed by atoms with Crippen molar-refractivity contribution in [2.75, 3.05) is 18.5 Å². The van der Waals surface area contributed by atoms with Gasteiger partial charge in [0.2, 0.25) is 15.7 Å². The van der Waals surface area contributed by atoms with Gasteiger partial charge in [0, 0.05) is 12.6 Å². The first kappa shape index (κ1) is 22.7. The number of hydrogen-bond acceptors (Lipinski definition) is 8. The Kier molecular flexibility index (Phi) is 7.21. The van der Waals surface area contributed by atoms with Crippen LogP contribution in [0.2, 0.25) is 0 Å². The highest BCUT2D eigenvalue weighted by molar-refractivity contribution is 7.95. The third kappa shape index (κ3) is 5.38. The van der Waals surface area contributed by atoms with Crippen LogP contribution in [0.5, 0.6) is 11.6 Å². The monoisotopic (exact) mass is 448 g/mol. The third-order valence-electron chi connectivity index (χ3n) is 4.41. The number of nitrogens with one attached hydrogen (secondary N) is 1. The summed E-state index contributed by atoms with van der Waals surface area (Å²) in [5.41, 5.74) is 0. The Bertz CT molecular complexity index is 1120. The van der Waals surface area contributed by atoms with Gasteiger partial charge >= 0.3 is 0 Å². The molecule has 0 aliphatic carbocycles. The van der Waals surface area contributed by atoms with Crippen molar-refractivity contribution in [1.29, 1.82) is 0 Å². The number of amidine groups is 1. The third-order valence-corrected chi connectivity index (χ3v) is 6.22. The molecule has 1 N–H and O–H groups in total. The molecule has 0 amide bonds. The normalized spacial score (nSPS) is 13.5. The number of unbranched alkanes of at least 4 members (excludes halogenated alkanes) is 1. The Labute approximate surface area is 181 Å². The number of nitrogens with zero attached hydrogens (tertiary/aromatic N) is 3. The van der Waals surface area contributed by atoms with Gasteiger partial charge in [0.05, 0.1) is 23.0 Å². The van der Waals surface area contributed by atoms with E-state index in [1.807, 2.05) is 13.8 Å². The zero-order chi connectivity index (χ0) is 22.4. The molecule has 0 saturated carbocycles. The molecular formula is C21H25FN4O4S. The number of hydrogen-bond donors (Lipinski definition) is 1. The first-order valence-electron chi connectivity index (χ1n) is 10.0. The highest BCUT2D eigenvalue weighted by Crippen LogP contribution is 2.29. The van der Waals surface area contributed by atoms with Crippen molar-refractivity contribution in [2.24, 2.45) is 4.99 Å². The fraction of sp³-hybridized carbons (Fsp3) is 0.381. The number of aromatic nitrogens is 2. The minimum Gasteiger partial charge on any atom is -0.494 e. The minimum absolute atomic E-state index is 0.0181. The lowest BCUT2D eigenvalue weighted by molar-refractivity contribution is 0.280. The zero-order valence-electron chi connectivity index (χ0n) is 17.7. The highest BCUT2D eigenvalue weighted by Gasteiger charge is 2.27. The number of ether oxygens (including phenoxy) is 2. The lowest BCUT2D eigenvalue weighted by atomic mass is 10.3. The summed E-state index contributed by atoms with van der Waals surface area (Å²) in [5, 5.41) is 2.77. The number of sulfone groups is 1. The molecule has 2 aromatic rings. The molecule has 31 heavy (non-hydrogen) atoms. The lowest BCUT2D eigenvalue weighted by Crippen LogP contribution is -2.16. The molecule has 166 valence electrons. The fourth-order valence-corrected chi connectivity index (χ4v) is 4.21. The Hall–Kier alpha value is -3.01.